The third-order valence-corrected chi connectivity index (χ3v) is 5.02. The van der Waals surface area contributed by atoms with Gasteiger partial charge in [0, 0.05) is 0 Å². The Morgan fingerprint density at radius 1 is 1.34 bits per heavy atom. The number of rotatable bonds is 12. The number of alkyl halides is 2. The van der Waals surface area contributed by atoms with Gasteiger partial charge in [-0.25, -0.2) is 0 Å². The average molecular weight is 469 g/mol. The molecule has 6 atom stereocenters. The molecule has 0 radical (unpaired) electrons. The molecule has 16 heteroatoms. The van der Waals surface area contributed by atoms with Crippen LogP contribution in [0.3, 0.4) is 0 Å². The van der Waals surface area contributed by atoms with Gasteiger partial charge in [-0.1, -0.05) is 0 Å². The molecule has 2 fully saturated rings. The fourth-order valence-corrected chi connectivity index (χ4v) is 3.54. The number of ether oxygens (including phenoxy) is 2. The van der Waals surface area contributed by atoms with E-state index < -0.39 is 63.2 Å². The molecule has 0 spiro atoms. The molecule has 0 aromatic heterocycles. The Labute approximate surface area is 185 Å². The number of hydrogen-bond donors (Lipinski definition) is 6. The number of hydrogen-bond acceptors (Lipinski definition) is 12. The Morgan fingerprint density at radius 2 is 2.06 bits per heavy atom. The normalized spacial score (nSPS) is 31.8. The molecule has 32 heavy (non-hydrogen) atoms. The van der Waals surface area contributed by atoms with Crippen molar-refractivity contribution >= 4 is 14.4 Å². The summed E-state index contributed by atoms with van der Waals surface area (Å²) >= 11 is 0. The van der Waals surface area contributed by atoms with Crippen molar-refractivity contribution in [3.63, 3.8) is 0 Å². The Kier molecular flexibility index (Phi) is 10.8. The Balaban J connectivity index is 2.03. The van der Waals surface area contributed by atoms with Crippen molar-refractivity contribution < 1.29 is 53.0 Å². The van der Waals surface area contributed by atoms with Gasteiger partial charge in [-0.2, -0.15) is 0 Å². The molecule has 0 aromatic rings. The zero-order valence-electron chi connectivity index (χ0n) is 18.0. The molecule has 184 valence electrons. The maximum atomic E-state index is 15.2. The Morgan fingerprint density at radius 3 is 2.66 bits per heavy atom. The number of aliphatic hydroxyl groups excluding tert-OH is 3. The van der Waals surface area contributed by atoms with Gasteiger partial charge in [0.1, 0.15) is 0 Å². The van der Waals surface area contributed by atoms with Crippen LogP contribution in [0.5, 0.6) is 0 Å². The van der Waals surface area contributed by atoms with Crippen molar-refractivity contribution in [3.8, 4) is 0 Å². The maximum absolute atomic E-state index is 15.2. The SMILES string of the molecule is COB=NC1CCN([C@@H]2O[C@H](CO[C@@H](O)CCCC(O)O)C(OB(C)O)C2(F)F)[C@H](O)N1. The molecule has 0 bridgehead atoms. The fourth-order valence-electron chi connectivity index (χ4n) is 3.54. The zero-order valence-corrected chi connectivity index (χ0v) is 18.0. The molecule has 0 aromatic carbocycles. The quantitative estimate of drug-likeness (QED) is 0.138. The zero-order chi connectivity index (χ0) is 23.9. The van der Waals surface area contributed by atoms with Crippen LogP contribution >= 0.6 is 0 Å². The van der Waals surface area contributed by atoms with Crippen LogP contribution < -0.4 is 5.32 Å². The first-order valence-electron chi connectivity index (χ1n) is 10.3. The van der Waals surface area contributed by atoms with E-state index in [-0.39, 0.29) is 32.2 Å². The molecule has 2 aliphatic heterocycles. The third-order valence-electron chi connectivity index (χ3n) is 5.02. The monoisotopic (exact) mass is 469 g/mol. The Hall–Kier alpha value is -0.810. The van der Waals surface area contributed by atoms with Crippen molar-refractivity contribution in [2.75, 3.05) is 20.3 Å². The van der Waals surface area contributed by atoms with Gasteiger partial charge in [-0.05, 0) is 12.8 Å². The van der Waals surface area contributed by atoms with Crippen LogP contribution in [0, 0.1) is 0 Å². The number of halogens is 2. The minimum absolute atomic E-state index is 0.0151. The first-order chi connectivity index (χ1) is 15.1. The third kappa shape index (κ3) is 7.62. The molecule has 2 heterocycles. The molecular weight excluding hydrogens is 438 g/mol. The molecule has 2 aliphatic rings. The average Bonchev–Trinajstić information content (AvgIpc) is 2.94. The fraction of sp³-hybridized carbons (Fsp3) is 1.00. The van der Waals surface area contributed by atoms with E-state index in [1.54, 1.807) is 0 Å². The first kappa shape index (κ1) is 27.4. The van der Waals surface area contributed by atoms with E-state index >= 15 is 8.78 Å². The summed E-state index contributed by atoms with van der Waals surface area (Å²) in [5, 5.41) is 50.0. The summed E-state index contributed by atoms with van der Waals surface area (Å²) in [6.45, 7) is 0.706. The summed E-state index contributed by atoms with van der Waals surface area (Å²) < 4.78 is 50.7. The van der Waals surface area contributed by atoms with Crippen LogP contribution in [0.4, 0.5) is 8.78 Å². The predicted octanol–water partition coefficient (Wildman–Crippen LogP) is -2.00. The van der Waals surface area contributed by atoms with E-state index in [9.17, 15) is 15.2 Å². The summed E-state index contributed by atoms with van der Waals surface area (Å²) in [6.07, 6.45) is -9.49. The van der Waals surface area contributed by atoms with Crippen molar-refractivity contribution in [2.45, 2.75) is 82.0 Å². The molecule has 2 saturated heterocycles. The van der Waals surface area contributed by atoms with Crippen LogP contribution in [0.15, 0.2) is 4.90 Å². The first-order valence-corrected chi connectivity index (χ1v) is 10.3. The van der Waals surface area contributed by atoms with Crippen LogP contribution in [0.2, 0.25) is 6.82 Å². The number of aliphatic hydroxyl groups is 4. The van der Waals surface area contributed by atoms with Gasteiger partial charge >= 0.3 is 155 Å². The molecule has 2 unspecified atom stereocenters. The van der Waals surface area contributed by atoms with Gasteiger partial charge in [0.05, 0.1) is 0 Å². The van der Waals surface area contributed by atoms with Gasteiger partial charge in [-0.15, -0.1) is 0 Å². The van der Waals surface area contributed by atoms with Crippen LogP contribution in [0.25, 0.3) is 0 Å². The van der Waals surface area contributed by atoms with E-state index in [4.69, 9.17) is 29.0 Å². The Bertz CT molecular complexity index is 597. The van der Waals surface area contributed by atoms with E-state index in [0.29, 0.717) is 0 Å². The summed E-state index contributed by atoms with van der Waals surface area (Å²) in [4.78, 5) is 5.00. The van der Waals surface area contributed by atoms with E-state index in [1.165, 1.54) is 21.2 Å². The molecular formula is C16H31B2F2N3O9. The van der Waals surface area contributed by atoms with E-state index in [2.05, 4.69) is 10.2 Å². The summed E-state index contributed by atoms with van der Waals surface area (Å²) in [5.74, 6) is -3.64. The summed E-state index contributed by atoms with van der Waals surface area (Å²) in [7, 11) is 1.05. The molecule has 0 amide bonds. The van der Waals surface area contributed by atoms with Crippen LogP contribution in [-0.2, 0) is 18.8 Å². The molecule has 0 saturated carbocycles. The van der Waals surface area contributed by atoms with Gasteiger partial charge < -0.3 is 10.2 Å². The standard InChI is InChI=1S/C16H31B2F2N3O9/c1-18(28)32-13-9(8-30-12(26)5-3-4-11(24)25)31-14(16(13,19)20)23-7-6-10(21-15(23)27)22-17-29-2/h9-15,21,24-28H,3-8H2,1-2H3/t9-,10?,12-,13?,14-,15-/m1/s1. The number of nitrogens with zero attached hydrogens (tertiary/aromatic N) is 2. The molecule has 0 aliphatic carbocycles. The minimum atomic E-state index is -3.64. The van der Waals surface area contributed by atoms with Gasteiger partial charge in [0.2, 0.25) is 0 Å². The summed E-state index contributed by atoms with van der Waals surface area (Å²) in [6, 6.07) is 0. The van der Waals surface area contributed by atoms with Crippen molar-refractivity contribution in [3.05, 3.63) is 0 Å². The number of nitrogens with one attached hydrogen (secondary N) is 1. The van der Waals surface area contributed by atoms with Gasteiger partial charge in [0.25, 0.3) is 0 Å². The van der Waals surface area contributed by atoms with Crippen molar-refractivity contribution in [1.29, 1.82) is 0 Å². The molecule has 2 rings (SSSR count). The van der Waals surface area contributed by atoms with Crippen LogP contribution in [-0.4, -0.2) is 114 Å². The van der Waals surface area contributed by atoms with Crippen molar-refractivity contribution in [2.24, 2.45) is 4.90 Å². The predicted molar refractivity (Wildman–Crippen MR) is 106 cm³/mol. The van der Waals surface area contributed by atoms with Crippen LogP contribution in [0.1, 0.15) is 25.7 Å². The molecule has 12 nitrogen and oxygen atoms in total. The second-order valence-corrected chi connectivity index (χ2v) is 7.63. The topological polar surface area (TPSA) is 166 Å². The van der Waals surface area contributed by atoms with E-state index in [0.717, 1.165) is 4.90 Å². The van der Waals surface area contributed by atoms with E-state index in [1.807, 2.05) is 0 Å². The van der Waals surface area contributed by atoms with Gasteiger partial charge in [-0.3, -0.25) is 0 Å². The molecule has 6 N–H and O–H groups in total. The van der Waals surface area contributed by atoms with Crippen molar-refractivity contribution in [1.82, 2.24) is 10.2 Å². The summed E-state index contributed by atoms with van der Waals surface area (Å²) in [5.41, 5.74) is 0. The second kappa shape index (κ2) is 12.6. The van der Waals surface area contributed by atoms with Gasteiger partial charge in [0.15, 0.2) is 6.29 Å². The second-order valence-electron chi connectivity index (χ2n) is 7.63.